The molecule has 1 rings (SSSR count). The SMILES string of the molecule is O=C([O-])C1CC(C(=O)[O-])C1.[Na+].[Na+]. The first-order chi connectivity index (χ1) is 4.61. The average Bonchev–Trinajstić information content (AvgIpc) is 1.56. The van der Waals surface area contributed by atoms with Gasteiger partial charge in [-0.3, -0.25) is 0 Å². The molecule has 12 heavy (non-hydrogen) atoms. The number of hydrogen-bond acceptors (Lipinski definition) is 4. The molecule has 0 aliphatic heterocycles. The Bertz CT molecular complexity index is 158. The third-order valence-electron chi connectivity index (χ3n) is 1.80. The van der Waals surface area contributed by atoms with Gasteiger partial charge in [0.15, 0.2) is 0 Å². The molecule has 1 fully saturated rings. The quantitative estimate of drug-likeness (QED) is 0.403. The molecule has 0 bridgehead atoms. The van der Waals surface area contributed by atoms with E-state index < -0.39 is 23.8 Å². The molecule has 0 aromatic heterocycles. The molecular weight excluding hydrogens is 182 g/mol. The third-order valence-corrected chi connectivity index (χ3v) is 1.80. The molecule has 0 N–H and O–H groups in total. The van der Waals surface area contributed by atoms with Gasteiger partial charge in [0.05, 0.1) is 0 Å². The van der Waals surface area contributed by atoms with E-state index in [1.165, 1.54) is 0 Å². The Hall–Kier alpha value is 0.940. The molecular formula is C6H6Na2O4. The van der Waals surface area contributed by atoms with Gasteiger partial charge in [0.25, 0.3) is 0 Å². The van der Waals surface area contributed by atoms with Crippen molar-refractivity contribution in [3.05, 3.63) is 0 Å². The van der Waals surface area contributed by atoms with E-state index in [0.717, 1.165) is 0 Å². The minimum absolute atomic E-state index is 0. The maximum atomic E-state index is 10.0. The van der Waals surface area contributed by atoms with Crippen molar-refractivity contribution in [1.82, 2.24) is 0 Å². The Morgan fingerprint density at radius 2 is 1.17 bits per heavy atom. The van der Waals surface area contributed by atoms with Gasteiger partial charge in [-0.05, 0) is 24.7 Å². The van der Waals surface area contributed by atoms with E-state index in [2.05, 4.69) is 0 Å². The van der Waals surface area contributed by atoms with E-state index in [-0.39, 0.29) is 72.0 Å². The minimum atomic E-state index is -1.16. The van der Waals surface area contributed by atoms with Crippen LogP contribution in [0.3, 0.4) is 0 Å². The molecule has 0 aromatic rings. The molecule has 0 radical (unpaired) electrons. The van der Waals surface area contributed by atoms with Crippen LogP contribution in [-0.2, 0) is 9.59 Å². The van der Waals surface area contributed by atoms with E-state index in [1.54, 1.807) is 0 Å². The van der Waals surface area contributed by atoms with Gasteiger partial charge in [0, 0.05) is 11.9 Å². The first kappa shape index (κ1) is 15.4. The molecule has 0 aromatic carbocycles. The molecule has 0 atom stereocenters. The van der Waals surface area contributed by atoms with Crippen LogP contribution in [0.5, 0.6) is 0 Å². The van der Waals surface area contributed by atoms with Gasteiger partial charge in [0.2, 0.25) is 0 Å². The molecule has 1 aliphatic rings. The van der Waals surface area contributed by atoms with Gasteiger partial charge >= 0.3 is 59.1 Å². The second kappa shape index (κ2) is 6.40. The van der Waals surface area contributed by atoms with Crippen LogP contribution in [0.15, 0.2) is 0 Å². The van der Waals surface area contributed by atoms with Crippen LogP contribution in [0.1, 0.15) is 12.8 Å². The van der Waals surface area contributed by atoms with Crippen molar-refractivity contribution in [3.63, 3.8) is 0 Å². The summed E-state index contributed by atoms with van der Waals surface area (Å²) in [5.41, 5.74) is 0. The normalized spacial score (nSPS) is 25.7. The number of carbonyl (C=O) groups is 2. The molecule has 6 heteroatoms. The summed E-state index contributed by atoms with van der Waals surface area (Å²) < 4.78 is 0. The maximum Gasteiger partial charge on any atom is 1.00 e. The van der Waals surface area contributed by atoms with Gasteiger partial charge in [-0.15, -0.1) is 0 Å². The first-order valence-corrected chi connectivity index (χ1v) is 3.03. The zero-order chi connectivity index (χ0) is 7.72. The smallest absolute Gasteiger partial charge is 0.550 e. The van der Waals surface area contributed by atoms with Crippen LogP contribution >= 0.6 is 0 Å². The van der Waals surface area contributed by atoms with E-state index in [1.807, 2.05) is 0 Å². The van der Waals surface area contributed by atoms with Gasteiger partial charge in [-0.25, -0.2) is 0 Å². The van der Waals surface area contributed by atoms with Crippen molar-refractivity contribution >= 4 is 11.9 Å². The van der Waals surface area contributed by atoms with Crippen LogP contribution in [-0.4, -0.2) is 11.9 Å². The number of carbonyl (C=O) groups excluding carboxylic acids is 2. The van der Waals surface area contributed by atoms with Crippen LogP contribution in [0.25, 0.3) is 0 Å². The van der Waals surface area contributed by atoms with Gasteiger partial charge in [0.1, 0.15) is 0 Å². The summed E-state index contributed by atoms with van der Waals surface area (Å²) >= 11 is 0. The molecule has 0 unspecified atom stereocenters. The summed E-state index contributed by atoms with van der Waals surface area (Å²) in [5, 5.41) is 20.1. The molecule has 1 aliphatic carbocycles. The van der Waals surface area contributed by atoms with Crippen molar-refractivity contribution in [2.24, 2.45) is 11.8 Å². The van der Waals surface area contributed by atoms with Crippen LogP contribution in [0, 0.1) is 11.8 Å². The summed E-state index contributed by atoms with van der Waals surface area (Å²) in [6.45, 7) is 0. The molecule has 0 spiro atoms. The zero-order valence-electron chi connectivity index (χ0n) is 7.20. The third kappa shape index (κ3) is 3.77. The second-order valence-corrected chi connectivity index (χ2v) is 2.50. The van der Waals surface area contributed by atoms with E-state index >= 15 is 0 Å². The molecule has 0 amide bonds. The van der Waals surface area contributed by atoms with Gasteiger partial charge in [-0.2, -0.15) is 0 Å². The standard InChI is InChI=1S/C6H8O4.2Na/c7-5(8)3-1-4(2-3)6(9)10;;/h3-4H,1-2H2,(H,7,8)(H,9,10);;/q;2*+1/p-2. The van der Waals surface area contributed by atoms with Gasteiger partial charge < -0.3 is 19.8 Å². The summed E-state index contributed by atoms with van der Waals surface area (Å²) in [6, 6.07) is 0. The molecule has 4 nitrogen and oxygen atoms in total. The van der Waals surface area contributed by atoms with E-state index in [0.29, 0.717) is 0 Å². The Morgan fingerprint density at radius 3 is 1.33 bits per heavy atom. The van der Waals surface area contributed by atoms with Gasteiger partial charge in [-0.1, -0.05) is 0 Å². The number of rotatable bonds is 2. The largest absolute Gasteiger partial charge is 1.00 e. The Morgan fingerprint density at radius 1 is 0.917 bits per heavy atom. The summed E-state index contributed by atoms with van der Waals surface area (Å²) in [4.78, 5) is 20.1. The minimum Gasteiger partial charge on any atom is -0.550 e. The number of hydrogen-bond donors (Lipinski definition) is 0. The predicted octanol–water partition coefficient (Wildman–Crippen LogP) is -8.48. The van der Waals surface area contributed by atoms with Crippen molar-refractivity contribution < 1.29 is 78.9 Å². The van der Waals surface area contributed by atoms with Crippen LogP contribution in [0.2, 0.25) is 0 Å². The fourth-order valence-corrected chi connectivity index (χ4v) is 1.00. The van der Waals surface area contributed by atoms with Crippen molar-refractivity contribution in [1.29, 1.82) is 0 Å². The molecule has 0 heterocycles. The fraction of sp³-hybridized carbons (Fsp3) is 0.667. The Labute approximate surface area is 114 Å². The summed E-state index contributed by atoms with van der Waals surface area (Å²) in [5.74, 6) is -3.44. The molecule has 0 saturated heterocycles. The predicted molar refractivity (Wildman–Crippen MR) is 26.2 cm³/mol. The monoisotopic (exact) mass is 188 g/mol. The topological polar surface area (TPSA) is 80.3 Å². The number of carboxylic acid groups (broad SMARTS) is 2. The number of carboxylic acids is 2. The average molecular weight is 188 g/mol. The van der Waals surface area contributed by atoms with Crippen molar-refractivity contribution in [3.8, 4) is 0 Å². The maximum absolute atomic E-state index is 10.0. The summed E-state index contributed by atoms with van der Waals surface area (Å²) in [7, 11) is 0. The zero-order valence-corrected chi connectivity index (χ0v) is 11.2. The molecule has 56 valence electrons. The second-order valence-electron chi connectivity index (χ2n) is 2.50. The van der Waals surface area contributed by atoms with Crippen LogP contribution in [0.4, 0.5) is 0 Å². The number of aliphatic carboxylic acids is 2. The van der Waals surface area contributed by atoms with E-state index in [4.69, 9.17) is 0 Å². The van der Waals surface area contributed by atoms with Crippen molar-refractivity contribution in [2.45, 2.75) is 12.8 Å². The van der Waals surface area contributed by atoms with Crippen LogP contribution < -0.4 is 69.3 Å². The Balaban J connectivity index is 0. The van der Waals surface area contributed by atoms with E-state index in [9.17, 15) is 19.8 Å². The summed E-state index contributed by atoms with van der Waals surface area (Å²) in [6.07, 6.45) is 0.343. The molecule has 1 saturated carbocycles. The first-order valence-electron chi connectivity index (χ1n) is 3.03. The van der Waals surface area contributed by atoms with Crippen molar-refractivity contribution in [2.75, 3.05) is 0 Å². The Kier molecular flexibility index (Phi) is 8.22. The fourth-order valence-electron chi connectivity index (χ4n) is 1.00.